The lowest BCUT2D eigenvalue weighted by atomic mass is 10.1. The number of nitrogens with one attached hydrogen (secondary N) is 2. The Labute approximate surface area is 80.2 Å². The maximum atomic E-state index is 5.32. The molecule has 0 amide bonds. The summed E-state index contributed by atoms with van der Waals surface area (Å²) >= 11 is 0. The summed E-state index contributed by atoms with van der Waals surface area (Å²) in [4.78, 5) is 0. The SMILES string of the molecule is C1CC(CNC2CCOCC2)CN1. The van der Waals surface area contributed by atoms with Gasteiger partial charge in [0.05, 0.1) is 0 Å². The van der Waals surface area contributed by atoms with Crippen LogP contribution in [0.3, 0.4) is 0 Å². The van der Waals surface area contributed by atoms with Gasteiger partial charge in [-0.05, 0) is 44.8 Å². The second kappa shape index (κ2) is 4.94. The minimum Gasteiger partial charge on any atom is -0.381 e. The number of hydrogen-bond acceptors (Lipinski definition) is 3. The molecule has 1 atom stereocenters. The molecule has 0 aromatic carbocycles. The Hall–Kier alpha value is -0.120. The summed E-state index contributed by atoms with van der Waals surface area (Å²) in [6, 6.07) is 0.717. The van der Waals surface area contributed by atoms with Crippen LogP contribution in [0.1, 0.15) is 19.3 Å². The van der Waals surface area contributed by atoms with Crippen LogP contribution in [0.25, 0.3) is 0 Å². The van der Waals surface area contributed by atoms with Crippen LogP contribution in [0.15, 0.2) is 0 Å². The van der Waals surface area contributed by atoms with Gasteiger partial charge in [0, 0.05) is 19.3 Å². The van der Waals surface area contributed by atoms with E-state index in [1.807, 2.05) is 0 Å². The Kier molecular flexibility index (Phi) is 3.58. The Morgan fingerprint density at radius 2 is 2.08 bits per heavy atom. The molecule has 0 aromatic heterocycles. The van der Waals surface area contributed by atoms with Crippen LogP contribution in [0.2, 0.25) is 0 Å². The first-order valence-electron chi connectivity index (χ1n) is 5.47. The summed E-state index contributed by atoms with van der Waals surface area (Å²) in [5.41, 5.74) is 0. The highest BCUT2D eigenvalue weighted by molar-refractivity contribution is 4.77. The molecular formula is C10H20N2O. The molecule has 2 heterocycles. The fourth-order valence-corrected chi connectivity index (χ4v) is 2.12. The van der Waals surface area contributed by atoms with Gasteiger partial charge in [-0.1, -0.05) is 0 Å². The van der Waals surface area contributed by atoms with E-state index in [1.165, 1.54) is 38.9 Å². The lowest BCUT2D eigenvalue weighted by Gasteiger charge is -2.24. The van der Waals surface area contributed by atoms with Crippen LogP contribution >= 0.6 is 0 Å². The molecule has 0 aromatic rings. The fraction of sp³-hybridized carbons (Fsp3) is 1.00. The second-order valence-electron chi connectivity index (χ2n) is 4.15. The van der Waals surface area contributed by atoms with Crippen LogP contribution < -0.4 is 10.6 Å². The lowest BCUT2D eigenvalue weighted by Crippen LogP contribution is -2.38. The van der Waals surface area contributed by atoms with Crippen LogP contribution in [-0.4, -0.2) is 38.9 Å². The summed E-state index contributed by atoms with van der Waals surface area (Å²) < 4.78 is 5.32. The summed E-state index contributed by atoms with van der Waals surface area (Å²) in [6.07, 6.45) is 3.73. The average molecular weight is 184 g/mol. The van der Waals surface area contributed by atoms with Crippen molar-refractivity contribution in [2.24, 2.45) is 5.92 Å². The molecule has 0 radical (unpaired) electrons. The number of hydrogen-bond donors (Lipinski definition) is 2. The Balaban J connectivity index is 1.60. The van der Waals surface area contributed by atoms with Gasteiger partial charge in [0.1, 0.15) is 0 Å². The third-order valence-electron chi connectivity index (χ3n) is 3.08. The molecule has 3 heteroatoms. The topological polar surface area (TPSA) is 33.3 Å². The summed E-state index contributed by atoms with van der Waals surface area (Å²) in [7, 11) is 0. The molecule has 2 rings (SSSR count). The van der Waals surface area contributed by atoms with Crippen molar-refractivity contribution in [2.45, 2.75) is 25.3 Å². The van der Waals surface area contributed by atoms with Gasteiger partial charge in [-0.15, -0.1) is 0 Å². The molecule has 3 nitrogen and oxygen atoms in total. The van der Waals surface area contributed by atoms with E-state index < -0.39 is 0 Å². The van der Waals surface area contributed by atoms with Crippen LogP contribution in [0.5, 0.6) is 0 Å². The lowest BCUT2D eigenvalue weighted by molar-refractivity contribution is 0.0771. The zero-order valence-electron chi connectivity index (χ0n) is 8.22. The van der Waals surface area contributed by atoms with Crippen molar-refractivity contribution in [2.75, 3.05) is 32.8 Å². The van der Waals surface area contributed by atoms with Crippen molar-refractivity contribution in [3.05, 3.63) is 0 Å². The van der Waals surface area contributed by atoms with Crippen LogP contribution in [0, 0.1) is 5.92 Å². The van der Waals surface area contributed by atoms with Crippen molar-refractivity contribution in [1.29, 1.82) is 0 Å². The average Bonchev–Trinajstić information content (AvgIpc) is 2.69. The molecule has 0 bridgehead atoms. The van der Waals surface area contributed by atoms with E-state index in [9.17, 15) is 0 Å². The van der Waals surface area contributed by atoms with E-state index in [-0.39, 0.29) is 0 Å². The van der Waals surface area contributed by atoms with Gasteiger partial charge >= 0.3 is 0 Å². The third kappa shape index (κ3) is 2.93. The summed E-state index contributed by atoms with van der Waals surface area (Å²) in [5, 5.41) is 7.04. The number of rotatable bonds is 3. The molecule has 0 spiro atoms. The molecule has 76 valence electrons. The molecule has 2 saturated heterocycles. The van der Waals surface area contributed by atoms with E-state index in [1.54, 1.807) is 0 Å². The largest absolute Gasteiger partial charge is 0.381 e. The minimum atomic E-state index is 0.717. The normalized spacial score (nSPS) is 30.9. The molecule has 2 aliphatic heterocycles. The van der Waals surface area contributed by atoms with Crippen molar-refractivity contribution in [3.8, 4) is 0 Å². The van der Waals surface area contributed by atoms with E-state index in [2.05, 4.69) is 10.6 Å². The highest BCUT2D eigenvalue weighted by Crippen LogP contribution is 2.09. The fourth-order valence-electron chi connectivity index (χ4n) is 2.12. The molecule has 2 fully saturated rings. The van der Waals surface area contributed by atoms with Gasteiger partial charge in [0.2, 0.25) is 0 Å². The van der Waals surface area contributed by atoms with Crippen molar-refractivity contribution < 1.29 is 4.74 Å². The molecule has 2 N–H and O–H groups in total. The van der Waals surface area contributed by atoms with E-state index in [0.717, 1.165) is 19.1 Å². The Morgan fingerprint density at radius 1 is 1.23 bits per heavy atom. The first-order valence-corrected chi connectivity index (χ1v) is 5.47. The molecule has 13 heavy (non-hydrogen) atoms. The third-order valence-corrected chi connectivity index (χ3v) is 3.08. The molecule has 1 unspecified atom stereocenters. The Morgan fingerprint density at radius 3 is 2.77 bits per heavy atom. The maximum Gasteiger partial charge on any atom is 0.0480 e. The molecule has 2 aliphatic rings. The van der Waals surface area contributed by atoms with Gasteiger partial charge in [-0.25, -0.2) is 0 Å². The highest BCUT2D eigenvalue weighted by atomic mass is 16.5. The van der Waals surface area contributed by atoms with Crippen molar-refractivity contribution >= 4 is 0 Å². The predicted octanol–water partition coefficient (Wildman–Crippen LogP) is 0.364. The monoisotopic (exact) mass is 184 g/mol. The van der Waals surface area contributed by atoms with Gasteiger partial charge < -0.3 is 15.4 Å². The zero-order valence-corrected chi connectivity index (χ0v) is 8.22. The van der Waals surface area contributed by atoms with E-state index in [4.69, 9.17) is 4.74 Å². The molecule has 0 aliphatic carbocycles. The van der Waals surface area contributed by atoms with Crippen molar-refractivity contribution in [1.82, 2.24) is 10.6 Å². The van der Waals surface area contributed by atoms with Gasteiger partial charge in [-0.3, -0.25) is 0 Å². The second-order valence-corrected chi connectivity index (χ2v) is 4.15. The standard InChI is InChI=1S/C10H20N2O/c1-4-11-7-9(1)8-12-10-2-5-13-6-3-10/h9-12H,1-8H2. The van der Waals surface area contributed by atoms with Gasteiger partial charge in [0.25, 0.3) is 0 Å². The summed E-state index contributed by atoms with van der Waals surface area (Å²) in [5.74, 6) is 0.864. The smallest absolute Gasteiger partial charge is 0.0480 e. The van der Waals surface area contributed by atoms with Gasteiger partial charge in [0.15, 0.2) is 0 Å². The van der Waals surface area contributed by atoms with Gasteiger partial charge in [-0.2, -0.15) is 0 Å². The first-order chi connectivity index (χ1) is 6.45. The van der Waals surface area contributed by atoms with Crippen molar-refractivity contribution in [3.63, 3.8) is 0 Å². The van der Waals surface area contributed by atoms with Crippen LogP contribution in [-0.2, 0) is 4.74 Å². The number of ether oxygens (including phenoxy) is 1. The molecule has 0 saturated carbocycles. The van der Waals surface area contributed by atoms with E-state index in [0.29, 0.717) is 6.04 Å². The highest BCUT2D eigenvalue weighted by Gasteiger charge is 2.17. The zero-order chi connectivity index (χ0) is 8.93. The predicted molar refractivity (Wildman–Crippen MR) is 52.8 cm³/mol. The quantitative estimate of drug-likeness (QED) is 0.664. The maximum absolute atomic E-state index is 5.32. The minimum absolute atomic E-state index is 0.717. The Bertz CT molecular complexity index is 140. The molecular weight excluding hydrogens is 164 g/mol. The summed E-state index contributed by atoms with van der Waals surface area (Å²) in [6.45, 7) is 5.50. The first kappa shape index (κ1) is 9.44. The van der Waals surface area contributed by atoms with E-state index >= 15 is 0 Å². The van der Waals surface area contributed by atoms with Crippen LogP contribution in [0.4, 0.5) is 0 Å².